The van der Waals surface area contributed by atoms with Gasteiger partial charge in [-0.05, 0) is 24.1 Å². The average molecular weight is 289 g/mol. The fraction of sp³-hybridized carbons (Fsp3) is 0.400. The van der Waals surface area contributed by atoms with Gasteiger partial charge < -0.3 is 10.2 Å². The molecule has 0 spiro atoms. The molecule has 6 nitrogen and oxygen atoms in total. The number of benzene rings is 1. The molecule has 0 aliphatic carbocycles. The minimum absolute atomic E-state index is 0.0459. The second-order valence-electron chi connectivity index (χ2n) is 5.11. The molecule has 1 heterocycles. The van der Waals surface area contributed by atoms with E-state index in [-0.39, 0.29) is 11.6 Å². The number of rotatable bonds is 6. The van der Waals surface area contributed by atoms with E-state index in [1.165, 1.54) is 12.1 Å². The first-order valence-electron chi connectivity index (χ1n) is 6.97. The third kappa shape index (κ3) is 3.46. The lowest BCUT2D eigenvalue weighted by atomic mass is 9.98. The fourth-order valence-corrected chi connectivity index (χ4v) is 2.40. The quantitative estimate of drug-likeness (QED) is 0.492. The van der Waals surface area contributed by atoms with Crippen LogP contribution < -0.4 is 5.32 Å². The van der Waals surface area contributed by atoms with Crippen molar-refractivity contribution in [1.82, 2.24) is 10.2 Å². The van der Waals surface area contributed by atoms with Crippen LogP contribution in [0.25, 0.3) is 0 Å². The summed E-state index contributed by atoms with van der Waals surface area (Å²) in [6.45, 7) is 8.58. The van der Waals surface area contributed by atoms with E-state index in [1.807, 2.05) is 6.92 Å². The van der Waals surface area contributed by atoms with Crippen LogP contribution in [0.3, 0.4) is 0 Å². The van der Waals surface area contributed by atoms with Crippen molar-refractivity contribution in [3.8, 4) is 0 Å². The summed E-state index contributed by atoms with van der Waals surface area (Å²) in [6.07, 6.45) is 0.716. The van der Waals surface area contributed by atoms with Crippen LogP contribution in [-0.4, -0.2) is 41.9 Å². The summed E-state index contributed by atoms with van der Waals surface area (Å²) < 4.78 is 0. The minimum atomic E-state index is -0.476. The molecular weight excluding hydrogens is 270 g/mol. The molecule has 0 unspecified atom stereocenters. The lowest BCUT2D eigenvalue weighted by Crippen LogP contribution is -2.39. The maximum Gasteiger partial charge on any atom is 0.270 e. The summed E-state index contributed by atoms with van der Waals surface area (Å²) >= 11 is 0. The largest absolute Gasteiger partial charge is 0.334 e. The third-order valence-electron chi connectivity index (χ3n) is 3.51. The summed E-state index contributed by atoms with van der Waals surface area (Å²) in [6, 6.07) is 4.50. The van der Waals surface area contributed by atoms with Crippen molar-refractivity contribution in [3.63, 3.8) is 0 Å². The number of non-ortho nitro benzene ring substituents is 1. The first kappa shape index (κ1) is 15.2. The topological polar surface area (TPSA) is 75.5 Å². The molecule has 1 aliphatic heterocycles. The van der Waals surface area contributed by atoms with Gasteiger partial charge >= 0.3 is 0 Å². The first-order chi connectivity index (χ1) is 10.0. The Morgan fingerprint density at radius 3 is 2.95 bits per heavy atom. The molecule has 21 heavy (non-hydrogen) atoms. The molecule has 2 rings (SSSR count). The Balaban J connectivity index is 2.13. The van der Waals surface area contributed by atoms with E-state index in [9.17, 15) is 14.9 Å². The van der Waals surface area contributed by atoms with Gasteiger partial charge in [0.1, 0.15) is 0 Å². The molecule has 6 heteroatoms. The fourth-order valence-electron chi connectivity index (χ4n) is 2.40. The number of hydrogen-bond donors (Lipinski definition) is 1. The van der Waals surface area contributed by atoms with Gasteiger partial charge in [-0.15, -0.1) is 0 Å². The van der Waals surface area contributed by atoms with Crippen molar-refractivity contribution in [1.29, 1.82) is 0 Å². The van der Waals surface area contributed by atoms with Crippen molar-refractivity contribution in [3.05, 3.63) is 51.6 Å². The van der Waals surface area contributed by atoms with Gasteiger partial charge in [0, 0.05) is 37.3 Å². The number of nitro benzene ring substituents is 1. The molecule has 112 valence electrons. The van der Waals surface area contributed by atoms with Gasteiger partial charge in [0.15, 0.2) is 0 Å². The maximum absolute atomic E-state index is 12.4. The highest BCUT2D eigenvalue weighted by atomic mass is 16.6. The van der Waals surface area contributed by atoms with Gasteiger partial charge in [-0.2, -0.15) is 0 Å². The zero-order valence-corrected chi connectivity index (χ0v) is 12.1. The minimum Gasteiger partial charge on any atom is -0.334 e. The maximum atomic E-state index is 12.4. The van der Waals surface area contributed by atoms with Crippen molar-refractivity contribution in [2.75, 3.05) is 26.2 Å². The summed E-state index contributed by atoms with van der Waals surface area (Å²) in [5, 5.41) is 14.0. The molecule has 0 saturated carbocycles. The highest BCUT2D eigenvalue weighted by Gasteiger charge is 2.26. The lowest BCUT2D eigenvalue weighted by Gasteiger charge is -2.29. The molecule has 1 aromatic carbocycles. The second-order valence-corrected chi connectivity index (χ2v) is 5.11. The first-order valence-corrected chi connectivity index (χ1v) is 6.97. The number of likely N-dealkylation sites (N-methyl/N-ethyl adjacent to an activating group) is 1. The normalized spacial score (nSPS) is 14.0. The molecule has 0 aromatic heterocycles. The van der Waals surface area contributed by atoms with E-state index >= 15 is 0 Å². The van der Waals surface area contributed by atoms with Crippen molar-refractivity contribution in [2.24, 2.45) is 0 Å². The van der Waals surface area contributed by atoms with Gasteiger partial charge in [0.25, 0.3) is 11.6 Å². The Morgan fingerprint density at radius 1 is 1.52 bits per heavy atom. The van der Waals surface area contributed by atoms with E-state index in [2.05, 4.69) is 11.9 Å². The number of amides is 1. The van der Waals surface area contributed by atoms with Crippen LogP contribution >= 0.6 is 0 Å². The van der Waals surface area contributed by atoms with Gasteiger partial charge in [0.2, 0.25) is 0 Å². The Hall–Kier alpha value is -2.21. The van der Waals surface area contributed by atoms with Crippen LogP contribution in [-0.2, 0) is 6.42 Å². The molecular formula is C15H19N3O3. The number of carbonyl (C=O) groups excluding carboxylic acids is 1. The van der Waals surface area contributed by atoms with Gasteiger partial charge in [0.05, 0.1) is 4.92 Å². The molecule has 1 aromatic rings. The predicted molar refractivity (Wildman–Crippen MR) is 80.4 cm³/mol. The van der Waals surface area contributed by atoms with Crippen molar-refractivity contribution < 1.29 is 9.72 Å². The molecule has 0 saturated heterocycles. The standard InChI is InChI=1S/C15H19N3O3/c1-3-16-9-11(2)10-17-7-6-12-4-5-13(18(20)21)8-14(12)15(17)19/h4-5,8,16H,2-3,6-7,9-10H2,1H3. The lowest BCUT2D eigenvalue weighted by molar-refractivity contribution is -0.384. The number of nitrogens with one attached hydrogen (secondary N) is 1. The van der Waals surface area contributed by atoms with Crippen molar-refractivity contribution >= 4 is 11.6 Å². The van der Waals surface area contributed by atoms with Gasteiger partial charge in [-0.1, -0.05) is 19.6 Å². The van der Waals surface area contributed by atoms with E-state index < -0.39 is 4.92 Å². The Kier molecular flexibility index (Phi) is 4.70. The summed E-state index contributed by atoms with van der Waals surface area (Å²) in [5.74, 6) is -0.155. The van der Waals surface area contributed by atoms with E-state index in [0.29, 0.717) is 31.6 Å². The van der Waals surface area contributed by atoms with E-state index in [0.717, 1.165) is 17.7 Å². The molecule has 1 N–H and O–H groups in total. The van der Waals surface area contributed by atoms with Gasteiger partial charge in [-0.25, -0.2) is 0 Å². The zero-order valence-electron chi connectivity index (χ0n) is 12.1. The van der Waals surface area contributed by atoms with E-state index in [4.69, 9.17) is 0 Å². The smallest absolute Gasteiger partial charge is 0.270 e. The molecule has 0 bridgehead atoms. The third-order valence-corrected chi connectivity index (χ3v) is 3.51. The van der Waals surface area contributed by atoms with Crippen molar-refractivity contribution in [2.45, 2.75) is 13.3 Å². The molecule has 1 aliphatic rings. The number of carbonyl (C=O) groups is 1. The van der Waals surface area contributed by atoms with Crippen LogP contribution in [0.15, 0.2) is 30.4 Å². The molecule has 0 radical (unpaired) electrons. The number of nitrogens with zero attached hydrogens (tertiary/aromatic N) is 2. The summed E-state index contributed by atoms with van der Waals surface area (Å²) in [4.78, 5) is 24.5. The van der Waals surface area contributed by atoms with Gasteiger partial charge in [-0.3, -0.25) is 14.9 Å². The Labute approximate surface area is 123 Å². The van der Waals surface area contributed by atoms with Crippen LogP contribution in [0.5, 0.6) is 0 Å². The molecule has 1 amide bonds. The van der Waals surface area contributed by atoms with Crippen LogP contribution in [0.2, 0.25) is 0 Å². The average Bonchev–Trinajstić information content (AvgIpc) is 2.47. The van der Waals surface area contributed by atoms with Crippen LogP contribution in [0.1, 0.15) is 22.8 Å². The molecule has 0 atom stereocenters. The SMILES string of the molecule is C=C(CNCC)CN1CCc2ccc([N+](=O)[O-])cc2C1=O. The molecule has 0 fully saturated rings. The summed E-state index contributed by atoms with van der Waals surface area (Å²) in [7, 11) is 0. The van der Waals surface area contributed by atoms with E-state index in [1.54, 1.807) is 11.0 Å². The zero-order chi connectivity index (χ0) is 15.4. The second kappa shape index (κ2) is 6.49. The summed E-state index contributed by atoms with van der Waals surface area (Å²) in [5.41, 5.74) is 2.19. The predicted octanol–water partition coefficient (Wildman–Crippen LogP) is 1.76. The number of nitro groups is 1. The Bertz CT molecular complexity index is 584. The number of fused-ring (bicyclic) bond motifs is 1. The number of hydrogen-bond acceptors (Lipinski definition) is 4. The Morgan fingerprint density at radius 2 is 2.29 bits per heavy atom. The monoisotopic (exact) mass is 289 g/mol. The van der Waals surface area contributed by atoms with Crippen LogP contribution in [0.4, 0.5) is 5.69 Å². The highest BCUT2D eigenvalue weighted by molar-refractivity contribution is 5.97. The van der Waals surface area contributed by atoms with Crippen LogP contribution in [0, 0.1) is 10.1 Å². The highest BCUT2D eigenvalue weighted by Crippen LogP contribution is 2.24.